The molecule has 1 heterocycles. The van der Waals surface area contributed by atoms with Crippen molar-refractivity contribution in [3.8, 4) is 0 Å². The number of piperidine rings is 1. The molecule has 0 spiro atoms. The van der Waals surface area contributed by atoms with Crippen LogP contribution in [-0.2, 0) is 10.0 Å². The van der Waals surface area contributed by atoms with Crippen LogP contribution in [-0.4, -0.2) is 31.7 Å². The normalized spacial score (nSPS) is 15.7. The molecule has 2 aromatic rings. The molecule has 0 aromatic heterocycles. The number of carbonyl (C=O) groups excluding carboxylic acids is 1. The predicted octanol–water partition coefficient (Wildman–Crippen LogP) is 2.70. The number of nitrogens with two attached hydrogens (primary N) is 1. The molecule has 0 unspecified atom stereocenters. The Labute approximate surface area is 147 Å². The Morgan fingerprint density at radius 3 is 2.44 bits per heavy atom. The fourth-order valence-corrected chi connectivity index (χ4v) is 4.42. The lowest BCUT2D eigenvalue weighted by Crippen LogP contribution is -2.35. The highest BCUT2D eigenvalue weighted by Gasteiger charge is 2.26. The molecule has 6 nitrogen and oxygen atoms in total. The Kier molecular flexibility index (Phi) is 5.06. The first-order chi connectivity index (χ1) is 12.0. The first-order valence-electron chi connectivity index (χ1n) is 8.24. The van der Waals surface area contributed by atoms with E-state index in [-0.39, 0.29) is 10.5 Å². The molecule has 1 saturated heterocycles. The van der Waals surface area contributed by atoms with Crippen molar-refractivity contribution < 1.29 is 13.2 Å². The molecule has 1 aliphatic rings. The first-order valence-corrected chi connectivity index (χ1v) is 9.68. The molecule has 3 rings (SSSR count). The maximum absolute atomic E-state index is 12.7. The lowest BCUT2D eigenvalue weighted by molar-refractivity contribution is 0.102. The van der Waals surface area contributed by atoms with Gasteiger partial charge in [-0.15, -0.1) is 0 Å². The molecule has 0 saturated carbocycles. The van der Waals surface area contributed by atoms with Gasteiger partial charge >= 0.3 is 0 Å². The van der Waals surface area contributed by atoms with Crippen molar-refractivity contribution in [3.63, 3.8) is 0 Å². The largest absolute Gasteiger partial charge is 0.397 e. The van der Waals surface area contributed by atoms with Gasteiger partial charge in [-0.05, 0) is 43.2 Å². The summed E-state index contributed by atoms with van der Waals surface area (Å²) in [6, 6.07) is 13.0. The zero-order chi connectivity index (χ0) is 17.9. The second-order valence-electron chi connectivity index (χ2n) is 6.03. The van der Waals surface area contributed by atoms with E-state index >= 15 is 0 Å². The number of rotatable bonds is 4. The second-order valence-corrected chi connectivity index (χ2v) is 7.97. The number of para-hydroxylation sites is 2. The number of benzene rings is 2. The van der Waals surface area contributed by atoms with Gasteiger partial charge in [-0.1, -0.05) is 24.6 Å². The van der Waals surface area contributed by atoms with Gasteiger partial charge in [0.1, 0.15) is 0 Å². The Bertz CT molecular complexity index is 875. The third kappa shape index (κ3) is 3.83. The summed E-state index contributed by atoms with van der Waals surface area (Å²) >= 11 is 0. The van der Waals surface area contributed by atoms with E-state index in [9.17, 15) is 13.2 Å². The van der Waals surface area contributed by atoms with E-state index < -0.39 is 15.9 Å². The number of anilines is 2. The van der Waals surface area contributed by atoms with Crippen LogP contribution in [0.15, 0.2) is 53.4 Å². The first kappa shape index (κ1) is 17.4. The summed E-state index contributed by atoms with van der Waals surface area (Å²) in [6.45, 7) is 1.05. The monoisotopic (exact) mass is 359 g/mol. The third-order valence-corrected chi connectivity index (χ3v) is 6.15. The molecule has 3 N–H and O–H groups in total. The van der Waals surface area contributed by atoms with Crippen LogP contribution in [0.1, 0.15) is 29.6 Å². The third-order valence-electron chi connectivity index (χ3n) is 4.26. The summed E-state index contributed by atoms with van der Waals surface area (Å²) in [6.07, 6.45) is 2.78. The van der Waals surface area contributed by atoms with Crippen molar-refractivity contribution in [2.45, 2.75) is 24.2 Å². The highest BCUT2D eigenvalue weighted by molar-refractivity contribution is 7.89. The highest BCUT2D eigenvalue weighted by Crippen LogP contribution is 2.22. The van der Waals surface area contributed by atoms with E-state index in [0.29, 0.717) is 24.5 Å². The van der Waals surface area contributed by atoms with Crippen molar-refractivity contribution in [1.29, 1.82) is 0 Å². The van der Waals surface area contributed by atoms with Crippen LogP contribution in [0, 0.1) is 0 Å². The quantitative estimate of drug-likeness (QED) is 0.821. The molecule has 0 atom stereocenters. The van der Waals surface area contributed by atoms with Gasteiger partial charge in [0.15, 0.2) is 0 Å². The van der Waals surface area contributed by atoms with Gasteiger partial charge in [0.2, 0.25) is 10.0 Å². The number of nitrogen functional groups attached to an aromatic ring is 1. The molecule has 1 aliphatic heterocycles. The molecule has 0 bridgehead atoms. The molecule has 132 valence electrons. The second kappa shape index (κ2) is 7.25. The maximum atomic E-state index is 12.7. The topological polar surface area (TPSA) is 92.5 Å². The van der Waals surface area contributed by atoms with E-state index in [1.807, 2.05) is 0 Å². The zero-order valence-electron chi connectivity index (χ0n) is 13.8. The number of hydrogen-bond acceptors (Lipinski definition) is 4. The average Bonchev–Trinajstić information content (AvgIpc) is 2.64. The van der Waals surface area contributed by atoms with Gasteiger partial charge in [-0.25, -0.2) is 8.42 Å². The number of sulfonamides is 1. The molecule has 25 heavy (non-hydrogen) atoms. The van der Waals surface area contributed by atoms with Gasteiger partial charge in [-0.2, -0.15) is 4.31 Å². The minimum Gasteiger partial charge on any atom is -0.397 e. The van der Waals surface area contributed by atoms with Crippen LogP contribution in [0.3, 0.4) is 0 Å². The number of nitrogens with zero attached hydrogens (tertiary/aromatic N) is 1. The minimum atomic E-state index is -3.57. The minimum absolute atomic E-state index is 0.142. The van der Waals surface area contributed by atoms with Crippen LogP contribution in [0.25, 0.3) is 0 Å². The van der Waals surface area contributed by atoms with Gasteiger partial charge in [0, 0.05) is 18.7 Å². The Balaban J connectivity index is 1.83. The lowest BCUT2D eigenvalue weighted by atomic mass is 10.2. The fraction of sp³-hybridized carbons (Fsp3) is 0.278. The summed E-state index contributed by atoms with van der Waals surface area (Å²) in [7, 11) is -3.57. The Morgan fingerprint density at radius 1 is 1.00 bits per heavy atom. The van der Waals surface area contributed by atoms with Crippen molar-refractivity contribution in [1.82, 2.24) is 4.31 Å². The van der Waals surface area contributed by atoms with Crippen molar-refractivity contribution >= 4 is 27.3 Å². The van der Waals surface area contributed by atoms with Crippen LogP contribution in [0.2, 0.25) is 0 Å². The van der Waals surface area contributed by atoms with Crippen LogP contribution >= 0.6 is 0 Å². The molecule has 0 radical (unpaired) electrons. The van der Waals surface area contributed by atoms with E-state index in [1.165, 1.54) is 16.4 Å². The number of nitrogens with one attached hydrogen (secondary N) is 1. The molecule has 1 fully saturated rings. The summed E-state index contributed by atoms with van der Waals surface area (Å²) in [4.78, 5) is 12.6. The van der Waals surface area contributed by atoms with Crippen molar-refractivity contribution in [3.05, 3.63) is 54.1 Å². The van der Waals surface area contributed by atoms with Gasteiger partial charge in [0.25, 0.3) is 5.91 Å². The smallest absolute Gasteiger partial charge is 0.255 e. The van der Waals surface area contributed by atoms with E-state index in [2.05, 4.69) is 5.32 Å². The summed E-state index contributed by atoms with van der Waals surface area (Å²) in [5.74, 6) is -0.395. The van der Waals surface area contributed by atoms with Gasteiger partial charge in [-0.3, -0.25) is 4.79 Å². The summed E-state index contributed by atoms with van der Waals surface area (Å²) < 4.78 is 27.0. The average molecular weight is 359 g/mol. The Morgan fingerprint density at radius 2 is 1.72 bits per heavy atom. The van der Waals surface area contributed by atoms with Crippen molar-refractivity contribution in [2.24, 2.45) is 0 Å². The molecule has 1 amide bonds. The van der Waals surface area contributed by atoms with Crippen LogP contribution in [0.5, 0.6) is 0 Å². The van der Waals surface area contributed by atoms with Gasteiger partial charge in [0.05, 0.1) is 16.3 Å². The molecular formula is C18H21N3O3S. The van der Waals surface area contributed by atoms with E-state index in [1.54, 1.807) is 36.4 Å². The number of amides is 1. The molecular weight excluding hydrogens is 338 g/mol. The molecule has 7 heteroatoms. The molecule has 2 aromatic carbocycles. The van der Waals surface area contributed by atoms with Crippen LogP contribution in [0.4, 0.5) is 11.4 Å². The number of carbonyl (C=O) groups is 1. The summed E-state index contributed by atoms with van der Waals surface area (Å²) in [5, 5.41) is 2.71. The number of hydrogen-bond donors (Lipinski definition) is 2. The van der Waals surface area contributed by atoms with Gasteiger partial charge < -0.3 is 11.1 Å². The van der Waals surface area contributed by atoms with E-state index in [0.717, 1.165) is 19.3 Å². The lowest BCUT2D eigenvalue weighted by Gasteiger charge is -2.26. The highest BCUT2D eigenvalue weighted by atomic mass is 32.2. The predicted molar refractivity (Wildman–Crippen MR) is 97.9 cm³/mol. The SMILES string of the molecule is Nc1ccccc1NC(=O)c1cccc(S(=O)(=O)N2CCCCC2)c1. The van der Waals surface area contributed by atoms with Crippen LogP contribution < -0.4 is 11.1 Å². The summed E-state index contributed by atoms with van der Waals surface area (Å²) in [5.41, 5.74) is 7.05. The fourth-order valence-electron chi connectivity index (χ4n) is 2.86. The zero-order valence-corrected chi connectivity index (χ0v) is 14.6. The van der Waals surface area contributed by atoms with Crippen molar-refractivity contribution in [2.75, 3.05) is 24.1 Å². The van der Waals surface area contributed by atoms with E-state index in [4.69, 9.17) is 5.73 Å². The maximum Gasteiger partial charge on any atom is 0.255 e. The molecule has 0 aliphatic carbocycles. The Hall–Kier alpha value is -2.38. The standard InChI is InChI=1S/C18H21N3O3S/c19-16-9-2-3-10-17(16)20-18(22)14-7-6-8-15(13-14)25(23,24)21-11-4-1-5-12-21/h2-3,6-10,13H,1,4-5,11-12,19H2,(H,20,22).